The van der Waals surface area contributed by atoms with Gasteiger partial charge in [-0.15, -0.1) is 0 Å². The van der Waals surface area contributed by atoms with Crippen LogP contribution in [0.3, 0.4) is 0 Å². The second kappa shape index (κ2) is 9.72. The van der Waals surface area contributed by atoms with Gasteiger partial charge in [0.2, 0.25) is 5.91 Å². The number of piperidine rings is 1. The number of para-hydroxylation sites is 1. The van der Waals surface area contributed by atoms with Crippen LogP contribution in [0.15, 0.2) is 66.7 Å². The molecule has 0 spiro atoms. The van der Waals surface area contributed by atoms with Crippen LogP contribution in [0.2, 0.25) is 0 Å². The van der Waals surface area contributed by atoms with E-state index in [0.717, 1.165) is 44.6 Å². The molecule has 2 aromatic carbocycles. The van der Waals surface area contributed by atoms with Gasteiger partial charge in [0.15, 0.2) is 6.54 Å². The van der Waals surface area contributed by atoms with Crippen LogP contribution in [0.5, 0.6) is 0 Å². The number of likely N-dealkylation sites (tertiary alicyclic amines) is 1. The number of hydrogen-bond donors (Lipinski definition) is 2. The van der Waals surface area contributed by atoms with E-state index in [0.29, 0.717) is 13.1 Å². The Kier molecular flexibility index (Phi) is 6.60. The van der Waals surface area contributed by atoms with Gasteiger partial charge in [-0.1, -0.05) is 54.6 Å². The highest BCUT2D eigenvalue weighted by molar-refractivity contribution is 5.92. The fourth-order valence-electron chi connectivity index (χ4n) is 4.37. The Balaban J connectivity index is 1.22. The summed E-state index contributed by atoms with van der Waals surface area (Å²) in [6.45, 7) is 3.75. The number of anilines is 1. The smallest absolute Gasteiger partial charge is 0.278 e. The minimum atomic E-state index is 0.0374. The molecular weight excluding hydrogens is 374 g/mol. The first-order chi connectivity index (χ1) is 14.7. The summed E-state index contributed by atoms with van der Waals surface area (Å²) in [4.78, 5) is 28.5. The molecule has 2 N–H and O–H groups in total. The van der Waals surface area contributed by atoms with Crippen LogP contribution < -0.4 is 10.2 Å². The predicted octanol–water partition coefficient (Wildman–Crippen LogP) is 2.24. The van der Waals surface area contributed by atoms with E-state index in [1.54, 1.807) is 0 Å². The van der Waals surface area contributed by atoms with Crippen molar-refractivity contribution in [1.82, 2.24) is 4.90 Å². The third-order valence-electron chi connectivity index (χ3n) is 6.21. The van der Waals surface area contributed by atoms with Crippen LogP contribution in [-0.2, 0) is 9.59 Å². The van der Waals surface area contributed by atoms with E-state index in [1.165, 1.54) is 16.0 Å². The quantitative estimate of drug-likeness (QED) is 0.803. The molecule has 1 saturated heterocycles. The van der Waals surface area contributed by atoms with Gasteiger partial charge in [-0.2, -0.15) is 0 Å². The maximum atomic E-state index is 12.8. The SMILES string of the molecule is O=C(Nc1ccccc1)C1CC[NH+](CC(=O)N2CC=C(c3ccccc3)CC2)CC1. The van der Waals surface area contributed by atoms with E-state index >= 15 is 0 Å². The molecule has 0 bridgehead atoms. The molecule has 5 heteroatoms. The molecule has 2 heterocycles. The highest BCUT2D eigenvalue weighted by atomic mass is 16.2. The second-order valence-electron chi connectivity index (χ2n) is 8.24. The van der Waals surface area contributed by atoms with Gasteiger partial charge in [0, 0.05) is 37.5 Å². The minimum Gasteiger partial charge on any atom is -0.334 e. The number of amides is 2. The molecule has 5 nitrogen and oxygen atoms in total. The highest BCUT2D eigenvalue weighted by Crippen LogP contribution is 2.22. The Hall–Kier alpha value is -2.92. The summed E-state index contributed by atoms with van der Waals surface area (Å²) in [5.41, 5.74) is 3.43. The lowest BCUT2D eigenvalue weighted by atomic mass is 9.95. The van der Waals surface area contributed by atoms with Crippen molar-refractivity contribution >= 4 is 23.1 Å². The fourth-order valence-corrected chi connectivity index (χ4v) is 4.37. The molecular formula is C25H30N3O2+. The topological polar surface area (TPSA) is 53.9 Å². The number of carbonyl (C=O) groups excluding carboxylic acids is 2. The van der Waals surface area contributed by atoms with Gasteiger partial charge in [-0.05, 0) is 29.7 Å². The van der Waals surface area contributed by atoms with Crippen molar-refractivity contribution in [1.29, 1.82) is 0 Å². The van der Waals surface area contributed by atoms with Crippen molar-refractivity contribution in [3.8, 4) is 0 Å². The first kappa shape index (κ1) is 20.4. The standard InChI is InChI=1S/C25H29N3O2/c29-24(28-17-13-21(14-18-28)20-7-3-1-4-8-20)19-27-15-11-22(12-16-27)25(30)26-23-9-5-2-6-10-23/h1-10,13,22H,11-12,14-19H2,(H,26,30)/p+1. The summed E-state index contributed by atoms with van der Waals surface area (Å²) in [5.74, 6) is 0.358. The molecule has 30 heavy (non-hydrogen) atoms. The van der Waals surface area contributed by atoms with Gasteiger partial charge >= 0.3 is 0 Å². The first-order valence-corrected chi connectivity index (χ1v) is 10.9. The fraction of sp³-hybridized carbons (Fsp3) is 0.360. The number of nitrogens with zero attached hydrogens (tertiary/aromatic N) is 1. The van der Waals surface area contributed by atoms with Gasteiger partial charge < -0.3 is 15.1 Å². The third kappa shape index (κ3) is 5.16. The summed E-state index contributed by atoms with van der Waals surface area (Å²) < 4.78 is 0. The molecule has 4 rings (SSSR count). The molecule has 2 aliphatic heterocycles. The summed E-state index contributed by atoms with van der Waals surface area (Å²) in [6.07, 6.45) is 4.76. The largest absolute Gasteiger partial charge is 0.334 e. The van der Waals surface area contributed by atoms with Crippen LogP contribution in [0.4, 0.5) is 5.69 Å². The Labute approximate surface area is 178 Å². The zero-order chi connectivity index (χ0) is 20.8. The van der Waals surface area contributed by atoms with E-state index in [-0.39, 0.29) is 17.7 Å². The lowest BCUT2D eigenvalue weighted by Gasteiger charge is -2.31. The van der Waals surface area contributed by atoms with Crippen LogP contribution in [-0.4, -0.2) is 49.4 Å². The maximum absolute atomic E-state index is 12.8. The molecule has 1 fully saturated rings. The summed E-state index contributed by atoms with van der Waals surface area (Å²) in [5, 5.41) is 3.01. The van der Waals surface area contributed by atoms with Crippen molar-refractivity contribution in [2.75, 3.05) is 38.0 Å². The molecule has 0 radical (unpaired) electrons. The van der Waals surface area contributed by atoms with E-state index in [2.05, 4.69) is 35.7 Å². The molecule has 2 aromatic rings. The van der Waals surface area contributed by atoms with Gasteiger partial charge in [0.25, 0.3) is 5.91 Å². The van der Waals surface area contributed by atoms with Gasteiger partial charge in [-0.25, -0.2) is 0 Å². The number of rotatable bonds is 5. The summed E-state index contributed by atoms with van der Waals surface area (Å²) >= 11 is 0. The summed E-state index contributed by atoms with van der Waals surface area (Å²) in [6, 6.07) is 20.0. The van der Waals surface area contributed by atoms with Crippen molar-refractivity contribution in [2.24, 2.45) is 5.92 Å². The maximum Gasteiger partial charge on any atom is 0.278 e. The van der Waals surface area contributed by atoms with Gasteiger partial charge in [-0.3, -0.25) is 9.59 Å². The number of nitrogens with one attached hydrogen (secondary N) is 2. The monoisotopic (exact) mass is 404 g/mol. The normalized spacial score (nSPS) is 21.6. The first-order valence-electron chi connectivity index (χ1n) is 10.9. The summed E-state index contributed by atoms with van der Waals surface area (Å²) in [7, 11) is 0. The van der Waals surface area contributed by atoms with Gasteiger partial charge in [0.05, 0.1) is 13.1 Å². The number of benzene rings is 2. The minimum absolute atomic E-state index is 0.0374. The molecule has 2 aliphatic rings. The Bertz CT molecular complexity index is 887. The average molecular weight is 405 g/mol. The van der Waals surface area contributed by atoms with Crippen molar-refractivity contribution in [3.05, 3.63) is 72.3 Å². The molecule has 0 aromatic heterocycles. The molecule has 0 saturated carbocycles. The number of hydrogen-bond acceptors (Lipinski definition) is 2. The third-order valence-corrected chi connectivity index (χ3v) is 6.21. The zero-order valence-corrected chi connectivity index (χ0v) is 17.3. The van der Waals surface area contributed by atoms with Crippen LogP contribution in [0, 0.1) is 5.92 Å². The van der Waals surface area contributed by atoms with Crippen molar-refractivity contribution in [2.45, 2.75) is 19.3 Å². The highest BCUT2D eigenvalue weighted by Gasteiger charge is 2.30. The molecule has 0 unspecified atom stereocenters. The van der Waals surface area contributed by atoms with Crippen LogP contribution >= 0.6 is 0 Å². The Morgan fingerprint density at radius 3 is 2.27 bits per heavy atom. The predicted molar refractivity (Wildman–Crippen MR) is 119 cm³/mol. The van der Waals surface area contributed by atoms with E-state index < -0.39 is 0 Å². The van der Waals surface area contributed by atoms with Crippen LogP contribution in [0.25, 0.3) is 5.57 Å². The van der Waals surface area contributed by atoms with Crippen molar-refractivity contribution in [3.63, 3.8) is 0 Å². The Morgan fingerprint density at radius 2 is 1.63 bits per heavy atom. The van der Waals surface area contributed by atoms with E-state index in [9.17, 15) is 9.59 Å². The zero-order valence-electron chi connectivity index (χ0n) is 17.3. The average Bonchev–Trinajstić information content (AvgIpc) is 2.81. The number of quaternary nitrogens is 1. The molecule has 0 atom stereocenters. The Morgan fingerprint density at radius 1 is 0.967 bits per heavy atom. The molecule has 0 aliphatic carbocycles. The second-order valence-corrected chi connectivity index (χ2v) is 8.24. The van der Waals surface area contributed by atoms with Crippen LogP contribution in [0.1, 0.15) is 24.8 Å². The van der Waals surface area contributed by atoms with E-state index in [4.69, 9.17) is 0 Å². The van der Waals surface area contributed by atoms with Crippen molar-refractivity contribution < 1.29 is 14.5 Å². The van der Waals surface area contributed by atoms with E-state index in [1.807, 2.05) is 41.3 Å². The number of carbonyl (C=O) groups is 2. The molecule has 2 amide bonds. The van der Waals surface area contributed by atoms with Gasteiger partial charge in [0.1, 0.15) is 0 Å². The lowest BCUT2D eigenvalue weighted by Crippen LogP contribution is -3.14. The lowest BCUT2D eigenvalue weighted by molar-refractivity contribution is -0.898. The molecule has 156 valence electrons.